The van der Waals surface area contributed by atoms with Gasteiger partial charge in [0.2, 0.25) is 10.0 Å². The molecule has 0 atom stereocenters. The van der Waals surface area contributed by atoms with Gasteiger partial charge in [0.1, 0.15) is 0 Å². The predicted molar refractivity (Wildman–Crippen MR) is 112 cm³/mol. The number of hydrogen-bond acceptors (Lipinski definition) is 6. The second kappa shape index (κ2) is 6.81. The summed E-state index contributed by atoms with van der Waals surface area (Å²) in [4.78, 5) is 17.1. The fourth-order valence-corrected chi connectivity index (χ4v) is 5.62. The maximum atomic E-state index is 12.6. The van der Waals surface area contributed by atoms with Crippen molar-refractivity contribution in [3.63, 3.8) is 0 Å². The van der Waals surface area contributed by atoms with Crippen molar-refractivity contribution in [2.75, 3.05) is 28.7 Å². The molecule has 0 saturated heterocycles. The predicted octanol–water partition coefficient (Wildman–Crippen LogP) is 3.59. The SMILES string of the molecule is CSc1nc2ccc(NC(=O)c3ccc4c(c3)CCN4S(C)(=O)=O)cc2s1. The van der Waals surface area contributed by atoms with Gasteiger partial charge < -0.3 is 5.32 Å². The summed E-state index contributed by atoms with van der Waals surface area (Å²) in [5.74, 6) is -0.218. The quantitative estimate of drug-likeness (QED) is 0.654. The Morgan fingerprint density at radius 2 is 2.07 bits per heavy atom. The zero-order valence-electron chi connectivity index (χ0n) is 14.7. The summed E-state index contributed by atoms with van der Waals surface area (Å²) in [5, 5.41) is 2.91. The first kappa shape index (κ1) is 18.3. The van der Waals surface area contributed by atoms with E-state index in [9.17, 15) is 13.2 Å². The van der Waals surface area contributed by atoms with Gasteiger partial charge in [0.25, 0.3) is 5.91 Å². The summed E-state index contributed by atoms with van der Waals surface area (Å²) in [6.07, 6.45) is 3.79. The van der Waals surface area contributed by atoms with Crippen LogP contribution in [0, 0.1) is 0 Å². The Bertz CT molecular complexity index is 1160. The van der Waals surface area contributed by atoms with E-state index in [0.29, 0.717) is 29.9 Å². The van der Waals surface area contributed by atoms with E-state index >= 15 is 0 Å². The molecule has 1 aliphatic heterocycles. The first-order valence-electron chi connectivity index (χ1n) is 8.22. The highest BCUT2D eigenvalue weighted by atomic mass is 32.2. The van der Waals surface area contributed by atoms with Crippen LogP contribution in [0.1, 0.15) is 15.9 Å². The van der Waals surface area contributed by atoms with Crippen LogP contribution in [0.15, 0.2) is 40.7 Å². The van der Waals surface area contributed by atoms with Crippen LogP contribution in [0.3, 0.4) is 0 Å². The third-order valence-corrected chi connectivity index (χ3v) is 7.58. The van der Waals surface area contributed by atoms with Crippen LogP contribution >= 0.6 is 23.1 Å². The Kier molecular flexibility index (Phi) is 4.61. The Hall–Kier alpha value is -2.10. The van der Waals surface area contributed by atoms with E-state index in [-0.39, 0.29) is 5.91 Å². The van der Waals surface area contributed by atoms with Gasteiger partial charge in [0, 0.05) is 17.8 Å². The molecule has 0 fully saturated rings. The van der Waals surface area contributed by atoms with Crippen LogP contribution < -0.4 is 9.62 Å². The molecule has 2 heterocycles. The minimum Gasteiger partial charge on any atom is -0.322 e. The van der Waals surface area contributed by atoms with Crippen molar-refractivity contribution in [2.24, 2.45) is 0 Å². The summed E-state index contributed by atoms with van der Waals surface area (Å²) < 4.78 is 27.0. The van der Waals surface area contributed by atoms with Crippen LogP contribution in [0.4, 0.5) is 11.4 Å². The van der Waals surface area contributed by atoms with Crippen molar-refractivity contribution in [3.05, 3.63) is 47.5 Å². The molecule has 0 bridgehead atoms. The number of benzene rings is 2. The molecule has 0 aliphatic carbocycles. The van der Waals surface area contributed by atoms with Crippen molar-refractivity contribution in [3.8, 4) is 0 Å². The number of anilines is 2. The fourth-order valence-electron chi connectivity index (χ4n) is 3.13. The largest absolute Gasteiger partial charge is 0.322 e. The number of aromatic nitrogens is 1. The first-order valence-corrected chi connectivity index (χ1v) is 12.1. The second-order valence-corrected chi connectivity index (χ2v) is 10.2. The van der Waals surface area contributed by atoms with Gasteiger partial charge in [-0.2, -0.15) is 0 Å². The Balaban J connectivity index is 1.57. The van der Waals surface area contributed by atoms with Crippen LogP contribution in [0.2, 0.25) is 0 Å². The summed E-state index contributed by atoms with van der Waals surface area (Å²) in [7, 11) is -3.29. The van der Waals surface area contributed by atoms with E-state index in [4.69, 9.17) is 0 Å². The normalized spacial score (nSPS) is 13.8. The maximum absolute atomic E-state index is 12.6. The van der Waals surface area contributed by atoms with Crippen LogP contribution in [-0.4, -0.2) is 38.4 Å². The first-order chi connectivity index (χ1) is 12.8. The molecule has 140 valence electrons. The van der Waals surface area contributed by atoms with Crippen molar-refractivity contribution in [1.29, 1.82) is 0 Å². The number of carbonyl (C=O) groups is 1. The minimum absolute atomic E-state index is 0.218. The van der Waals surface area contributed by atoms with E-state index in [1.54, 1.807) is 41.3 Å². The number of sulfonamides is 1. The van der Waals surface area contributed by atoms with Crippen molar-refractivity contribution >= 4 is 60.6 Å². The molecule has 1 N–H and O–H groups in total. The number of nitrogens with one attached hydrogen (secondary N) is 1. The van der Waals surface area contributed by atoms with Crippen LogP contribution in [0.25, 0.3) is 10.2 Å². The monoisotopic (exact) mass is 419 g/mol. The van der Waals surface area contributed by atoms with Gasteiger partial charge in [0.05, 0.1) is 22.2 Å². The van der Waals surface area contributed by atoms with Gasteiger partial charge in [-0.3, -0.25) is 9.10 Å². The molecule has 0 unspecified atom stereocenters. The molecule has 4 rings (SSSR count). The molecule has 3 aromatic rings. The number of thiazole rings is 1. The number of carbonyl (C=O) groups excluding carboxylic acids is 1. The number of rotatable bonds is 4. The third kappa shape index (κ3) is 3.54. The van der Waals surface area contributed by atoms with Crippen LogP contribution in [0.5, 0.6) is 0 Å². The van der Waals surface area contributed by atoms with Gasteiger partial charge in [-0.25, -0.2) is 13.4 Å². The highest BCUT2D eigenvalue weighted by Gasteiger charge is 2.26. The van der Waals surface area contributed by atoms with Gasteiger partial charge in [-0.1, -0.05) is 11.8 Å². The fraction of sp³-hybridized carbons (Fsp3) is 0.222. The van der Waals surface area contributed by atoms with Gasteiger partial charge in [0.15, 0.2) is 4.34 Å². The van der Waals surface area contributed by atoms with Crippen molar-refractivity contribution in [1.82, 2.24) is 4.98 Å². The van der Waals surface area contributed by atoms with E-state index in [1.807, 2.05) is 24.5 Å². The molecule has 0 spiro atoms. The lowest BCUT2D eigenvalue weighted by Gasteiger charge is -2.16. The minimum atomic E-state index is -3.29. The lowest BCUT2D eigenvalue weighted by Crippen LogP contribution is -2.27. The number of amides is 1. The van der Waals surface area contributed by atoms with Crippen LogP contribution in [-0.2, 0) is 16.4 Å². The molecule has 6 nitrogen and oxygen atoms in total. The maximum Gasteiger partial charge on any atom is 0.255 e. The highest BCUT2D eigenvalue weighted by molar-refractivity contribution is 8.00. The molecular formula is C18H17N3O3S3. The molecular weight excluding hydrogens is 402 g/mol. The summed E-state index contributed by atoms with van der Waals surface area (Å²) in [6, 6.07) is 10.8. The van der Waals surface area contributed by atoms with E-state index in [0.717, 1.165) is 20.1 Å². The summed E-state index contributed by atoms with van der Waals surface area (Å²) in [5.41, 5.74) is 3.67. The lowest BCUT2D eigenvalue weighted by molar-refractivity contribution is 0.102. The summed E-state index contributed by atoms with van der Waals surface area (Å²) >= 11 is 3.19. The molecule has 2 aromatic carbocycles. The summed E-state index contributed by atoms with van der Waals surface area (Å²) in [6.45, 7) is 0.416. The number of hydrogen-bond donors (Lipinski definition) is 1. The smallest absolute Gasteiger partial charge is 0.255 e. The molecule has 9 heteroatoms. The van der Waals surface area contributed by atoms with E-state index < -0.39 is 10.0 Å². The average Bonchev–Trinajstić information content (AvgIpc) is 3.23. The molecule has 1 aromatic heterocycles. The molecule has 0 saturated carbocycles. The zero-order valence-corrected chi connectivity index (χ0v) is 17.2. The number of thioether (sulfide) groups is 1. The standard InChI is InChI=1S/C18H17N3O3S3/c1-25-18-20-14-5-4-13(10-16(14)26-18)19-17(22)12-3-6-15-11(9-12)7-8-21(15)27(2,23)24/h3-6,9-10H,7-8H2,1-2H3,(H,19,22). The number of fused-ring (bicyclic) bond motifs is 2. The molecule has 0 radical (unpaired) electrons. The van der Waals surface area contributed by atoms with Gasteiger partial charge in [-0.05, 0) is 54.6 Å². The van der Waals surface area contributed by atoms with Gasteiger partial charge >= 0.3 is 0 Å². The van der Waals surface area contributed by atoms with Gasteiger partial charge in [-0.15, -0.1) is 11.3 Å². The van der Waals surface area contributed by atoms with Crippen molar-refractivity contribution in [2.45, 2.75) is 10.8 Å². The zero-order chi connectivity index (χ0) is 19.2. The molecule has 27 heavy (non-hydrogen) atoms. The second-order valence-electron chi connectivity index (χ2n) is 6.25. The molecule has 1 aliphatic rings. The highest BCUT2D eigenvalue weighted by Crippen LogP contribution is 2.32. The lowest BCUT2D eigenvalue weighted by atomic mass is 10.1. The third-order valence-electron chi connectivity index (χ3n) is 4.40. The van der Waals surface area contributed by atoms with E-state index in [2.05, 4.69) is 10.3 Å². The Morgan fingerprint density at radius 3 is 2.81 bits per heavy atom. The Morgan fingerprint density at radius 1 is 1.26 bits per heavy atom. The van der Waals surface area contributed by atoms with Crippen molar-refractivity contribution < 1.29 is 13.2 Å². The Labute approximate surface area is 165 Å². The topological polar surface area (TPSA) is 79.4 Å². The molecule has 1 amide bonds. The average molecular weight is 420 g/mol. The number of nitrogens with zero attached hydrogens (tertiary/aromatic N) is 2. The van der Waals surface area contributed by atoms with E-state index in [1.165, 1.54) is 10.6 Å².